The highest BCUT2D eigenvalue weighted by Gasteiger charge is 2.15. The minimum atomic E-state index is -1.27. The normalized spacial score (nSPS) is 12.7. The maximum absolute atomic E-state index is 12.5. The number of carboxylic acid groups (broad SMARTS) is 1. The number of hydrogen-bond acceptors (Lipinski definition) is 11. The number of nitrogens with two attached hydrogens (primary N) is 2. The number of nitrogens with zero attached hydrogens (tertiary/aromatic N) is 4. The molecular weight excluding hydrogens is 456 g/mol. The number of rotatable bonds is 12. The number of pyridine rings is 2. The van der Waals surface area contributed by atoms with Crippen LogP contribution < -0.4 is 11.5 Å². The molecule has 0 aromatic carbocycles. The first-order valence-electron chi connectivity index (χ1n) is 10.3. The fourth-order valence-corrected chi connectivity index (χ4v) is 2.57. The van der Waals surface area contributed by atoms with Gasteiger partial charge in [-0.2, -0.15) is 0 Å². The summed E-state index contributed by atoms with van der Waals surface area (Å²) in [5, 5.41) is 9.18. The molecule has 0 aliphatic heterocycles. The lowest BCUT2D eigenvalue weighted by molar-refractivity contribution is -0.138. The summed E-state index contributed by atoms with van der Waals surface area (Å²) in [6.45, 7) is 0.101. The van der Waals surface area contributed by atoms with E-state index in [9.17, 15) is 14.7 Å². The van der Waals surface area contributed by atoms with E-state index in [1.54, 1.807) is 30.6 Å². The topological polar surface area (TPSA) is 185 Å². The number of ether oxygens (including phenoxy) is 3. The summed E-state index contributed by atoms with van der Waals surface area (Å²) in [5.41, 5.74) is 12.7. The highest BCUT2D eigenvalue weighted by Crippen LogP contribution is 2.15. The molecule has 0 atom stereocenters. The summed E-state index contributed by atoms with van der Waals surface area (Å²) in [7, 11) is 2.60. The van der Waals surface area contributed by atoms with Crippen LogP contribution in [0.25, 0.3) is 0 Å². The number of methoxy groups -OCH3 is 2. The zero-order chi connectivity index (χ0) is 25.6. The van der Waals surface area contributed by atoms with Gasteiger partial charge in [0.15, 0.2) is 11.8 Å². The van der Waals surface area contributed by atoms with E-state index in [-0.39, 0.29) is 29.5 Å². The third-order valence-electron chi connectivity index (χ3n) is 4.38. The molecule has 0 saturated heterocycles. The van der Waals surface area contributed by atoms with E-state index in [2.05, 4.69) is 20.0 Å². The van der Waals surface area contributed by atoms with Gasteiger partial charge in [-0.3, -0.25) is 20.0 Å². The lowest BCUT2D eigenvalue weighted by Crippen LogP contribution is -2.17. The molecule has 12 nitrogen and oxygen atoms in total. The van der Waals surface area contributed by atoms with E-state index >= 15 is 0 Å². The molecule has 0 saturated carbocycles. The van der Waals surface area contributed by atoms with Crippen molar-refractivity contribution in [3.05, 3.63) is 71.5 Å². The number of esters is 1. The lowest BCUT2D eigenvalue weighted by Gasteiger charge is -2.08. The van der Waals surface area contributed by atoms with Crippen molar-refractivity contribution < 1.29 is 28.9 Å². The lowest BCUT2D eigenvalue weighted by atomic mass is 10.1. The molecule has 0 radical (unpaired) electrons. The van der Waals surface area contributed by atoms with Gasteiger partial charge >= 0.3 is 11.9 Å². The van der Waals surface area contributed by atoms with Crippen molar-refractivity contribution in [3.8, 4) is 0 Å². The average Bonchev–Trinajstić information content (AvgIpc) is 2.87. The van der Waals surface area contributed by atoms with Crippen LogP contribution in [0.4, 0.5) is 11.4 Å². The predicted molar refractivity (Wildman–Crippen MR) is 128 cm³/mol. The third kappa shape index (κ3) is 8.61. The van der Waals surface area contributed by atoms with Crippen molar-refractivity contribution in [2.45, 2.75) is 12.8 Å². The van der Waals surface area contributed by atoms with Crippen molar-refractivity contribution in [1.82, 2.24) is 9.97 Å². The van der Waals surface area contributed by atoms with Gasteiger partial charge in [0.2, 0.25) is 0 Å². The maximum atomic E-state index is 12.5. The first-order chi connectivity index (χ1) is 16.8. The number of aliphatic carboxylic acids is 1. The van der Waals surface area contributed by atoms with E-state index in [0.717, 1.165) is 11.8 Å². The Balaban J connectivity index is 1.96. The summed E-state index contributed by atoms with van der Waals surface area (Å²) in [6.07, 6.45) is 9.59. The second-order valence-electron chi connectivity index (χ2n) is 6.79. The number of carbonyl (C=O) groups is 2. The zero-order valence-electron chi connectivity index (χ0n) is 19.2. The van der Waals surface area contributed by atoms with E-state index < -0.39 is 11.9 Å². The van der Waals surface area contributed by atoms with Crippen LogP contribution in [-0.2, 0) is 30.2 Å². The van der Waals surface area contributed by atoms with Gasteiger partial charge in [0, 0.05) is 24.8 Å². The molecule has 0 aliphatic carbocycles. The van der Waals surface area contributed by atoms with Crippen LogP contribution in [0.1, 0.15) is 12.0 Å². The molecule has 0 aliphatic rings. The molecule has 0 unspecified atom stereocenters. The number of aliphatic imine (C=N–C) groups is 2. The van der Waals surface area contributed by atoms with Gasteiger partial charge in [-0.25, -0.2) is 9.59 Å². The minimum Gasteiger partial charge on any atom is -0.482 e. The molecule has 0 amide bonds. The quantitative estimate of drug-likeness (QED) is 0.132. The van der Waals surface area contributed by atoms with E-state index in [0.29, 0.717) is 24.2 Å². The first kappa shape index (κ1) is 26.5. The SMILES string of the molecule is COC(N)=C(C=Nc1cncc(CCCOC(=O)C(C=Nc2cccnc2)=C(N)OC)c1)C(=O)O. The largest absolute Gasteiger partial charge is 0.482 e. The molecule has 2 rings (SSSR count). The average molecular weight is 482 g/mol. The Morgan fingerprint density at radius 2 is 1.66 bits per heavy atom. The van der Waals surface area contributed by atoms with Gasteiger partial charge in [-0.15, -0.1) is 0 Å². The van der Waals surface area contributed by atoms with Gasteiger partial charge in [0.25, 0.3) is 0 Å². The Morgan fingerprint density at radius 3 is 2.31 bits per heavy atom. The predicted octanol–water partition coefficient (Wildman–Crippen LogP) is 1.78. The highest BCUT2D eigenvalue weighted by molar-refractivity contribution is 6.10. The summed E-state index contributed by atoms with van der Waals surface area (Å²) in [5.74, 6) is -2.34. The van der Waals surface area contributed by atoms with Crippen LogP contribution in [0.2, 0.25) is 0 Å². The molecule has 0 fully saturated rings. The monoisotopic (exact) mass is 482 g/mol. The van der Waals surface area contributed by atoms with E-state index in [1.807, 2.05) is 0 Å². The Labute approximate surface area is 201 Å². The zero-order valence-corrected chi connectivity index (χ0v) is 19.2. The number of aromatic nitrogens is 2. The summed E-state index contributed by atoms with van der Waals surface area (Å²) in [6, 6.07) is 5.15. The van der Waals surface area contributed by atoms with Gasteiger partial charge in [-0.1, -0.05) is 0 Å². The minimum absolute atomic E-state index is 0.0213. The van der Waals surface area contributed by atoms with Crippen molar-refractivity contribution >= 4 is 35.7 Å². The Kier molecular flexibility index (Phi) is 10.4. The fraction of sp³-hybridized carbons (Fsp3) is 0.217. The number of hydrogen-bond donors (Lipinski definition) is 3. The molecule has 2 aromatic rings. The third-order valence-corrected chi connectivity index (χ3v) is 4.38. The maximum Gasteiger partial charge on any atom is 0.345 e. The molecule has 12 heteroatoms. The molecule has 2 heterocycles. The number of carbonyl (C=O) groups excluding carboxylic acids is 1. The summed E-state index contributed by atoms with van der Waals surface area (Å²) < 4.78 is 15.0. The van der Waals surface area contributed by atoms with Crippen molar-refractivity contribution in [2.75, 3.05) is 20.8 Å². The molecular formula is C23H26N6O6. The van der Waals surface area contributed by atoms with Crippen LogP contribution in [-0.4, -0.2) is 60.3 Å². The van der Waals surface area contributed by atoms with Crippen LogP contribution in [0.15, 0.2) is 75.9 Å². The van der Waals surface area contributed by atoms with Crippen molar-refractivity contribution in [3.63, 3.8) is 0 Å². The van der Waals surface area contributed by atoms with Crippen molar-refractivity contribution in [2.24, 2.45) is 21.5 Å². The van der Waals surface area contributed by atoms with Gasteiger partial charge in [-0.05, 0) is 36.6 Å². The number of carboxylic acids is 1. The van der Waals surface area contributed by atoms with Crippen LogP contribution in [0.5, 0.6) is 0 Å². The standard InChI is InChI=1S/C23H26N6O6/c1-33-20(24)18(22(30)31)13-29-17-9-15(10-27-12-17)5-4-8-35-23(32)19(21(25)34-2)14-28-16-6-3-7-26-11-16/h3,6-7,9-14H,4-5,8,24-25H2,1-2H3,(H,30,31). The smallest absolute Gasteiger partial charge is 0.345 e. The van der Waals surface area contributed by atoms with Crippen LogP contribution in [0, 0.1) is 0 Å². The Hall–Kier alpha value is -4.74. The summed E-state index contributed by atoms with van der Waals surface area (Å²) in [4.78, 5) is 40.0. The second kappa shape index (κ2) is 13.7. The summed E-state index contributed by atoms with van der Waals surface area (Å²) >= 11 is 0. The van der Waals surface area contributed by atoms with Crippen molar-refractivity contribution in [1.29, 1.82) is 0 Å². The fourth-order valence-electron chi connectivity index (χ4n) is 2.57. The molecule has 35 heavy (non-hydrogen) atoms. The van der Waals surface area contributed by atoms with E-state index in [4.69, 9.17) is 25.7 Å². The Morgan fingerprint density at radius 1 is 1.00 bits per heavy atom. The molecule has 2 aromatic heterocycles. The van der Waals surface area contributed by atoms with Gasteiger partial charge in [0.05, 0.1) is 44.6 Å². The molecule has 0 bridgehead atoms. The van der Waals surface area contributed by atoms with Gasteiger partial charge in [0.1, 0.15) is 11.1 Å². The first-order valence-corrected chi connectivity index (χ1v) is 10.3. The molecule has 5 N–H and O–H groups in total. The van der Waals surface area contributed by atoms with E-state index in [1.165, 1.54) is 32.8 Å². The van der Waals surface area contributed by atoms with Gasteiger partial charge < -0.3 is 30.8 Å². The van der Waals surface area contributed by atoms with Crippen LogP contribution >= 0.6 is 0 Å². The number of aryl methyl sites for hydroxylation is 1. The molecule has 0 spiro atoms. The molecule has 184 valence electrons. The second-order valence-corrected chi connectivity index (χ2v) is 6.79. The van der Waals surface area contributed by atoms with Crippen LogP contribution in [0.3, 0.4) is 0 Å². The highest BCUT2D eigenvalue weighted by atomic mass is 16.5. The Bertz CT molecular complexity index is 1140.